The van der Waals surface area contributed by atoms with Crippen molar-refractivity contribution in [2.45, 2.75) is 32.2 Å². The molecule has 1 unspecified atom stereocenters. The fraction of sp³-hybridized carbons (Fsp3) is 0.588. The number of hydrogen-bond acceptors (Lipinski definition) is 4. The molecule has 120 valence electrons. The largest absolute Gasteiger partial charge is 0.495 e. The summed E-state index contributed by atoms with van der Waals surface area (Å²) in [6.07, 6.45) is 0. The van der Waals surface area contributed by atoms with Gasteiger partial charge in [0.25, 0.3) is 0 Å². The molecule has 1 fully saturated rings. The van der Waals surface area contributed by atoms with E-state index in [1.54, 1.807) is 14.0 Å². The van der Waals surface area contributed by atoms with Crippen molar-refractivity contribution >= 4 is 11.6 Å². The topological polar surface area (TPSA) is 58.8 Å². The molecule has 5 heteroatoms. The van der Waals surface area contributed by atoms with Crippen LogP contribution in [0.1, 0.15) is 37.9 Å². The van der Waals surface area contributed by atoms with E-state index in [1.165, 1.54) is 11.1 Å². The Hall–Kier alpha value is -1.75. The Morgan fingerprint density at radius 1 is 1.36 bits per heavy atom. The molecule has 0 bridgehead atoms. The molecule has 0 saturated carbocycles. The number of anilines is 1. The molecule has 22 heavy (non-hydrogen) atoms. The lowest BCUT2D eigenvalue weighted by Crippen LogP contribution is -2.55. The molecule has 0 aliphatic carbocycles. The smallest absolute Gasteiger partial charge is 0.219 e. The van der Waals surface area contributed by atoms with Crippen LogP contribution in [0.2, 0.25) is 0 Å². The number of amides is 1. The molecular weight excluding hydrogens is 278 g/mol. The molecule has 2 N–H and O–H groups in total. The highest BCUT2D eigenvalue weighted by Gasteiger charge is 2.41. The predicted molar refractivity (Wildman–Crippen MR) is 87.0 cm³/mol. The fourth-order valence-electron chi connectivity index (χ4n) is 3.84. The van der Waals surface area contributed by atoms with Crippen LogP contribution in [0.15, 0.2) is 12.1 Å². The van der Waals surface area contributed by atoms with Crippen LogP contribution in [-0.2, 0) is 10.2 Å². The zero-order chi connectivity index (χ0) is 16.1. The number of methoxy groups -OCH3 is 1. The first-order chi connectivity index (χ1) is 10.3. The van der Waals surface area contributed by atoms with Crippen molar-refractivity contribution in [2.24, 2.45) is 0 Å². The third-order valence-electron chi connectivity index (χ3n) is 5.02. The predicted octanol–water partition coefficient (Wildman–Crippen LogP) is 1.77. The molecule has 3 rings (SSSR count). The summed E-state index contributed by atoms with van der Waals surface area (Å²) >= 11 is 0. The number of benzene rings is 1. The zero-order valence-corrected chi connectivity index (χ0v) is 13.8. The second-order valence-electron chi connectivity index (χ2n) is 7.02. The van der Waals surface area contributed by atoms with Gasteiger partial charge in [-0.1, -0.05) is 13.8 Å². The Kier molecular flexibility index (Phi) is 3.56. The Balaban J connectivity index is 2.07. The molecule has 1 aromatic carbocycles. The first kappa shape index (κ1) is 15.2. The normalized spacial score (nSPS) is 23.6. The zero-order valence-electron chi connectivity index (χ0n) is 13.8. The number of nitrogens with two attached hydrogens (primary N) is 1. The van der Waals surface area contributed by atoms with Crippen molar-refractivity contribution in [1.29, 1.82) is 0 Å². The van der Waals surface area contributed by atoms with Gasteiger partial charge in [-0.3, -0.25) is 9.69 Å². The molecule has 5 nitrogen and oxygen atoms in total. The van der Waals surface area contributed by atoms with Crippen LogP contribution in [0, 0.1) is 0 Å². The van der Waals surface area contributed by atoms with Gasteiger partial charge in [0, 0.05) is 38.5 Å². The van der Waals surface area contributed by atoms with Gasteiger partial charge in [0.05, 0.1) is 18.8 Å². The molecule has 1 aromatic rings. The maximum Gasteiger partial charge on any atom is 0.219 e. The van der Waals surface area contributed by atoms with Gasteiger partial charge in [-0.15, -0.1) is 0 Å². The van der Waals surface area contributed by atoms with Gasteiger partial charge in [-0.05, 0) is 23.3 Å². The fourth-order valence-corrected chi connectivity index (χ4v) is 3.84. The van der Waals surface area contributed by atoms with Crippen molar-refractivity contribution in [3.8, 4) is 5.75 Å². The van der Waals surface area contributed by atoms with E-state index in [9.17, 15) is 4.79 Å². The molecule has 2 heterocycles. The summed E-state index contributed by atoms with van der Waals surface area (Å²) in [5, 5.41) is 0. The molecule has 0 radical (unpaired) electrons. The summed E-state index contributed by atoms with van der Waals surface area (Å²) in [6.45, 7) is 9.62. The lowest BCUT2D eigenvalue weighted by Gasteiger charge is -2.50. The third-order valence-corrected chi connectivity index (χ3v) is 5.02. The van der Waals surface area contributed by atoms with Crippen LogP contribution in [0.3, 0.4) is 0 Å². The number of hydrogen-bond donors (Lipinski definition) is 1. The van der Waals surface area contributed by atoms with Crippen LogP contribution < -0.4 is 10.5 Å². The van der Waals surface area contributed by atoms with Crippen LogP contribution in [0.5, 0.6) is 5.75 Å². The average molecular weight is 303 g/mol. The first-order valence-electron chi connectivity index (χ1n) is 7.81. The monoisotopic (exact) mass is 303 g/mol. The highest BCUT2D eigenvalue weighted by atomic mass is 16.5. The number of carbonyl (C=O) groups excluding carboxylic acids is 1. The number of ether oxygens (including phenoxy) is 1. The Labute approximate surface area is 132 Å². The number of carbonyl (C=O) groups is 1. The van der Waals surface area contributed by atoms with Gasteiger partial charge in [0.1, 0.15) is 5.75 Å². The molecule has 2 aliphatic heterocycles. The van der Waals surface area contributed by atoms with Gasteiger partial charge in [-0.25, -0.2) is 0 Å². The molecule has 1 amide bonds. The maximum absolute atomic E-state index is 11.7. The SMILES string of the molecule is COc1cc2c(cc1N)C1CN(C(C)=O)CCN1CC2(C)C. The van der Waals surface area contributed by atoms with E-state index in [4.69, 9.17) is 10.5 Å². The van der Waals surface area contributed by atoms with Gasteiger partial charge < -0.3 is 15.4 Å². The standard InChI is InChI=1S/C17H25N3O2/c1-11(21)19-5-6-20-10-17(2,3)13-8-16(22-4)14(18)7-12(13)15(20)9-19/h7-8,15H,5-6,9-10,18H2,1-4H3. The van der Waals surface area contributed by atoms with E-state index in [-0.39, 0.29) is 17.4 Å². The Morgan fingerprint density at radius 3 is 2.73 bits per heavy atom. The van der Waals surface area contributed by atoms with Crippen molar-refractivity contribution in [3.05, 3.63) is 23.3 Å². The van der Waals surface area contributed by atoms with Crippen molar-refractivity contribution < 1.29 is 9.53 Å². The highest BCUT2D eigenvalue weighted by Crippen LogP contribution is 2.44. The summed E-state index contributed by atoms with van der Waals surface area (Å²) in [5.74, 6) is 0.882. The Bertz CT molecular complexity index is 612. The summed E-state index contributed by atoms with van der Waals surface area (Å²) in [7, 11) is 1.65. The van der Waals surface area contributed by atoms with E-state index in [2.05, 4.69) is 24.8 Å². The highest BCUT2D eigenvalue weighted by molar-refractivity contribution is 5.73. The average Bonchev–Trinajstić information content (AvgIpc) is 2.45. The van der Waals surface area contributed by atoms with E-state index >= 15 is 0 Å². The second-order valence-corrected chi connectivity index (χ2v) is 7.02. The lowest BCUT2D eigenvalue weighted by atomic mass is 9.74. The summed E-state index contributed by atoms with van der Waals surface area (Å²) in [6, 6.07) is 4.35. The van der Waals surface area contributed by atoms with Crippen molar-refractivity contribution in [2.75, 3.05) is 39.0 Å². The molecule has 0 spiro atoms. The van der Waals surface area contributed by atoms with Crippen LogP contribution in [-0.4, -0.2) is 49.0 Å². The summed E-state index contributed by atoms with van der Waals surface area (Å²) < 4.78 is 5.40. The van der Waals surface area contributed by atoms with Crippen molar-refractivity contribution in [1.82, 2.24) is 9.80 Å². The van der Waals surface area contributed by atoms with Gasteiger partial charge >= 0.3 is 0 Å². The van der Waals surface area contributed by atoms with E-state index in [1.807, 2.05) is 11.0 Å². The van der Waals surface area contributed by atoms with Gasteiger partial charge in [-0.2, -0.15) is 0 Å². The summed E-state index contributed by atoms with van der Waals surface area (Å²) in [4.78, 5) is 16.2. The second kappa shape index (κ2) is 5.16. The molecule has 0 aromatic heterocycles. The molecule has 2 aliphatic rings. The molecule has 1 saturated heterocycles. The first-order valence-corrected chi connectivity index (χ1v) is 7.81. The number of fused-ring (bicyclic) bond motifs is 3. The number of nitrogen functional groups attached to an aromatic ring is 1. The van der Waals surface area contributed by atoms with E-state index in [0.717, 1.165) is 31.9 Å². The van der Waals surface area contributed by atoms with Crippen LogP contribution >= 0.6 is 0 Å². The number of rotatable bonds is 1. The van der Waals surface area contributed by atoms with Crippen LogP contribution in [0.4, 0.5) is 5.69 Å². The van der Waals surface area contributed by atoms with E-state index in [0.29, 0.717) is 5.69 Å². The molecule has 1 atom stereocenters. The number of piperazine rings is 1. The van der Waals surface area contributed by atoms with Crippen molar-refractivity contribution in [3.63, 3.8) is 0 Å². The summed E-state index contributed by atoms with van der Waals surface area (Å²) in [5.41, 5.74) is 9.37. The van der Waals surface area contributed by atoms with E-state index < -0.39 is 0 Å². The minimum atomic E-state index is 0.0468. The maximum atomic E-state index is 11.7. The quantitative estimate of drug-likeness (QED) is 0.803. The third kappa shape index (κ3) is 2.33. The van der Waals surface area contributed by atoms with Gasteiger partial charge in [0.15, 0.2) is 0 Å². The molecular formula is C17H25N3O2. The minimum Gasteiger partial charge on any atom is -0.495 e. The lowest BCUT2D eigenvalue weighted by molar-refractivity contribution is -0.132. The van der Waals surface area contributed by atoms with Gasteiger partial charge in [0.2, 0.25) is 5.91 Å². The van der Waals surface area contributed by atoms with Crippen LogP contribution in [0.25, 0.3) is 0 Å². The minimum absolute atomic E-state index is 0.0468. The Morgan fingerprint density at radius 2 is 2.09 bits per heavy atom. The number of nitrogens with zero attached hydrogens (tertiary/aromatic N) is 2.